The first-order chi connectivity index (χ1) is 26.8. The number of benzene rings is 7. The molecule has 0 spiro atoms. The van der Waals surface area contributed by atoms with Crippen molar-refractivity contribution in [3.63, 3.8) is 0 Å². The molecule has 6 nitrogen and oxygen atoms in total. The Balaban J connectivity index is 0.982. The van der Waals surface area contributed by atoms with Crippen molar-refractivity contribution in [2.75, 3.05) is 0 Å². The van der Waals surface area contributed by atoms with Gasteiger partial charge in [0.25, 0.3) is 0 Å². The van der Waals surface area contributed by atoms with E-state index < -0.39 is 0 Å². The second kappa shape index (κ2) is 11.0. The maximum Gasteiger partial charge on any atom is 0.168 e. The fourth-order valence-corrected chi connectivity index (χ4v) is 8.50. The van der Waals surface area contributed by atoms with Gasteiger partial charge >= 0.3 is 0 Å². The van der Waals surface area contributed by atoms with E-state index in [0.29, 0.717) is 17.3 Å². The SMILES string of the molecule is c1ccc2c(c1)-c1nc(-c3ccc(-n4c5ccccc5c5ccccc54)cc3)nc3nc(-c4ccc(-n5c6ccccc6c6ccccc65)cc4)nc-2c13. The van der Waals surface area contributed by atoms with Crippen LogP contribution in [0.5, 0.6) is 0 Å². The Kier molecular flexibility index (Phi) is 5.96. The topological polar surface area (TPSA) is 61.4 Å². The summed E-state index contributed by atoms with van der Waals surface area (Å²) in [7, 11) is 0. The lowest BCUT2D eigenvalue weighted by Gasteiger charge is -2.11. The predicted octanol–water partition coefficient (Wildman–Crippen LogP) is 11.6. The molecule has 0 fully saturated rings. The molecule has 250 valence electrons. The molecule has 4 aromatic heterocycles. The van der Waals surface area contributed by atoms with Gasteiger partial charge in [-0.3, -0.25) is 0 Å². The molecule has 1 aliphatic carbocycles. The molecule has 0 saturated heterocycles. The summed E-state index contributed by atoms with van der Waals surface area (Å²) in [5.41, 5.74) is 13.2. The van der Waals surface area contributed by atoms with Crippen molar-refractivity contribution in [2.24, 2.45) is 0 Å². The Bertz CT molecular complexity index is 2990. The third kappa shape index (κ3) is 4.10. The van der Waals surface area contributed by atoms with Crippen LogP contribution >= 0.6 is 0 Å². The van der Waals surface area contributed by atoms with Crippen molar-refractivity contribution in [2.45, 2.75) is 0 Å². The number of hydrogen-bond donors (Lipinski definition) is 0. The van der Waals surface area contributed by atoms with Crippen molar-refractivity contribution in [1.29, 1.82) is 0 Å². The van der Waals surface area contributed by atoms with Gasteiger partial charge in [-0.05, 0) is 72.8 Å². The molecule has 0 N–H and O–H groups in total. The average molecular weight is 689 g/mol. The standard InChI is InChI=1S/C48H28N6/c1-2-16-38-37(15-1)44-43-45(38)50-47(30-23-27-32(28-24-30)54-41-19-9-5-13-35(41)36-14-6-10-20-42(36)54)52-48(43)51-46(49-44)29-21-25-31(26-22-29)53-39-17-7-3-11-33(39)34-12-4-8-18-40(34)53/h1-28H. The van der Waals surface area contributed by atoms with E-state index in [0.717, 1.165) is 50.4 Å². The molecule has 0 bridgehead atoms. The van der Waals surface area contributed by atoms with Crippen LogP contribution in [0.1, 0.15) is 0 Å². The van der Waals surface area contributed by atoms with Crippen LogP contribution in [-0.4, -0.2) is 29.1 Å². The van der Waals surface area contributed by atoms with Crippen LogP contribution in [0.3, 0.4) is 0 Å². The second-order valence-electron chi connectivity index (χ2n) is 13.9. The van der Waals surface area contributed by atoms with Crippen molar-refractivity contribution in [3.8, 4) is 56.7 Å². The molecule has 0 aliphatic heterocycles. The van der Waals surface area contributed by atoms with Gasteiger partial charge in [-0.2, -0.15) is 0 Å². The van der Waals surface area contributed by atoms with E-state index in [1.54, 1.807) is 0 Å². The highest BCUT2D eigenvalue weighted by atomic mass is 15.0. The van der Waals surface area contributed by atoms with E-state index >= 15 is 0 Å². The van der Waals surface area contributed by atoms with Gasteiger partial charge in [0.15, 0.2) is 17.3 Å². The summed E-state index contributed by atoms with van der Waals surface area (Å²) in [5.74, 6) is 1.28. The molecule has 11 aromatic rings. The van der Waals surface area contributed by atoms with Crippen LogP contribution in [0.15, 0.2) is 170 Å². The monoisotopic (exact) mass is 688 g/mol. The highest BCUT2D eigenvalue weighted by Crippen LogP contribution is 2.46. The summed E-state index contributed by atoms with van der Waals surface area (Å²) in [6, 6.07) is 59.7. The molecule has 0 unspecified atom stereocenters. The largest absolute Gasteiger partial charge is 0.309 e. The third-order valence-corrected chi connectivity index (χ3v) is 10.9. The second-order valence-corrected chi connectivity index (χ2v) is 13.9. The van der Waals surface area contributed by atoms with Crippen molar-refractivity contribution < 1.29 is 0 Å². The van der Waals surface area contributed by atoms with Gasteiger partial charge in [0.2, 0.25) is 0 Å². The lowest BCUT2D eigenvalue weighted by Crippen LogP contribution is -1.99. The molecule has 4 heterocycles. The van der Waals surface area contributed by atoms with Crippen LogP contribution in [0.2, 0.25) is 0 Å². The van der Waals surface area contributed by atoms with E-state index in [2.05, 4.69) is 179 Å². The zero-order valence-corrected chi connectivity index (χ0v) is 28.8. The highest BCUT2D eigenvalue weighted by molar-refractivity contribution is 6.12. The maximum absolute atomic E-state index is 5.17. The molecule has 12 rings (SSSR count). The fourth-order valence-electron chi connectivity index (χ4n) is 8.50. The predicted molar refractivity (Wildman–Crippen MR) is 219 cm³/mol. The van der Waals surface area contributed by atoms with Gasteiger partial charge in [-0.1, -0.05) is 97.1 Å². The number of hydrogen-bond acceptors (Lipinski definition) is 4. The Morgan fingerprint density at radius 1 is 0.315 bits per heavy atom. The summed E-state index contributed by atoms with van der Waals surface area (Å²) in [5, 5.41) is 5.86. The van der Waals surface area contributed by atoms with Crippen molar-refractivity contribution >= 4 is 54.6 Å². The van der Waals surface area contributed by atoms with Gasteiger partial charge in [-0.15, -0.1) is 0 Å². The highest BCUT2D eigenvalue weighted by Gasteiger charge is 2.28. The quantitative estimate of drug-likeness (QED) is 0.185. The van der Waals surface area contributed by atoms with E-state index in [-0.39, 0.29) is 0 Å². The minimum atomic E-state index is 0.639. The first-order valence-corrected chi connectivity index (χ1v) is 18.2. The van der Waals surface area contributed by atoms with Crippen LogP contribution in [0.25, 0.3) is 111 Å². The Labute approximate surface area is 309 Å². The minimum absolute atomic E-state index is 0.639. The third-order valence-electron chi connectivity index (χ3n) is 10.9. The zero-order chi connectivity index (χ0) is 35.3. The van der Waals surface area contributed by atoms with Crippen LogP contribution in [0.4, 0.5) is 0 Å². The normalized spacial score (nSPS) is 12.1. The molecule has 7 aromatic carbocycles. The molecule has 1 aliphatic rings. The lowest BCUT2D eigenvalue weighted by atomic mass is 10.1. The molecular formula is C48H28N6. The van der Waals surface area contributed by atoms with Gasteiger partial charge in [0.05, 0.1) is 38.8 Å². The van der Waals surface area contributed by atoms with Gasteiger partial charge in [0, 0.05) is 55.2 Å². The number of para-hydroxylation sites is 4. The molecule has 54 heavy (non-hydrogen) atoms. The maximum atomic E-state index is 5.17. The van der Waals surface area contributed by atoms with E-state index in [1.165, 1.54) is 43.6 Å². The van der Waals surface area contributed by atoms with Crippen LogP contribution in [-0.2, 0) is 0 Å². The first-order valence-electron chi connectivity index (χ1n) is 18.2. The molecule has 0 radical (unpaired) electrons. The molecule has 0 amide bonds. The van der Waals surface area contributed by atoms with E-state index in [4.69, 9.17) is 19.9 Å². The summed E-state index contributed by atoms with van der Waals surface area (Å²) in [6.07, 6.45) is 0. The fraction of sp³-hybridized carbons (Fsp3) is 0. The van der Waals surface area contributed by atoms with Crippen LogP contribution < -0.4 is 0 Å². The molecule has 0 atom stereocenters. The van der Waals surface area contributed by atoms with E-state index in [9.17, 15) is 0 Å². The number of nitrogens with zero attached hydrogens (tertiary/aromatic N) is 6. The van der Waals surface area contributed by atoms with Gasteiger partial charge in [-0.25, -0.2) is 19.9 Å². The Morgan fingerprint density at radius 3 is 1.02 bits per heavy atom. The number of aromatic nitrogens is 6. The summed E-state index contributed by atoms with van der Waals surface area (Å²) < 4.78 is 4.65. The Hall–Kier alpha value is -7.44. The summed E-state index contributed by atoms with van der Waals surface area (Å²) in [6.45, 7) is 0. The number of fused-ring (bicyclic) bond motifs is 9. The molecule has 0 saturated carbocycles. The smallest absolute Gasteiger partial charge is 0.168 e. The molecular weight excluding hydrogens is 661 g/mol. The van der Waals surface area contributed by atoms with Gasteiger partial charge in [0.1, 0.15) is 0 Å². The zero-order valence-electron chi connectivity index (χ0n) is 28.8. The summed E-state index contributed by atoms with van der Waals surface area (Å²) in [4.78, 5) is 20.6. The van der Waals surface area contributed by atoms with Crippen LogP contribution in [0, 0.1) is 0 Å². The van der Waals surface area contributed by atoms with Crippen molar-refractivity contribution in [3.05, 3.63) is 170 Å². The average Bonchev–Trinajstić information content (AvgIpc) is 3.87. The van der Waals surface area contributed by atoms with E-state index in [1.807, 2.05) is 0 Å². The molecule has 6 heteroatoms. The summed E-state index contributed by atoms with van der Waals surface area (Å²) >= 11 is 0. The van der Waals surface area contributed by atoms with Crippen molar-refractivity contribution in [1.82, 2.24) is 29.1 Å². The van der Waals surface area contributed by atoms with Gasteiger partial charge < -0.3 is 9.13 Å². The lowest BCUT2D eigenvalue weighted by molar-refractivity contribution is 1.15. The number of rotatable bonds is 4. The Morgan fingerprint density at radius 2 is 0.648 bits per heavy atom. The first kappa shape index (κ1) is 29.2. The minimum Gasteiger partial charge on any atom is -0.309 e.